The Labute approximate surface area is 109 Å². The van der Waals surface area contributed by atoms with Gasteiger partial charge in [-0.3, -0.25) is 0 Å². The Morgan fingerprint density at radius 1 is 1.07 bits per heavy atom. The molecule has 0 N–H and O–H groups in total. The summed E-state index contributed by atoms with van der Waals surface area (Å²) in [4.78, 5) is 2.33. The smallest absolute Gasteiger partial charge is 0.0357 e. The molecule has 0 radical (unpaired) electrons. The SMILES string of the molecule is C1=CCN(CCc2ccccc2)C=C1.I. The van der Waals surface area contributed by atoms with Gasteiger partial charge in [-0.25, -0.2) is 0 Å². The third kappa shape index (κ3) is 4.08. The molecule has 0 spiro atoms. The predicted octanol–water partition coefficient (Wildman–Crippen LogP) is 3.23. The Bertz CT molecular complexity index is 330. The molecule has 0 aromatic heterocycles. The zero-order valence-electron chi connectivity index (χ0n) is 8.67. The van der Waals surface area contributed by atoms with Crippen LogP contribution in [0.4, 0.5) is 0 Å². The van der Waals surface area contributed by atoms with E-state index in [0.717, 1.165) is 19.5 Å². The summed E-state index contributed by atoms with van der Waals surface area (Å²) in [5.41, 5.74) is 1.41. The molecule has 15 heavy (non-hydrogen) atoms. The van der Waals surface area contributed by atoms with E-state index in [0.29, 0.717) is 0 Å². The molecule has 0 atom stereocenters. The number of benzene rings is 1. The third-order valence-corrected chi connectivity index (χ3v) is 2.41. The number of halogens is 1. The van der Waals surface area contributed by atoms with Crippen LogP contribution in [-0.2, 0) is 6.42 Å². The quantitative estimate of drug-likeness (QED) is 0.775. The fourth-order valence-electron chi connectivity index (χ4n) is 1.59. The first-order valence-corrected chi connectivity index (χ1v) is 5.06. The van der Waals surface area contributed by atoms with Crippen LogP contribution in [0.2, 0.25) is 0 Å². The Balaban J connectivity index is 0.00000112. The Morgan fingerprint density at radius 3 is 2.53 bits per heavy atom. The highest BCUT2D eigenvalue weighted by Crippen LogP contribution is 2.03. The van der Waals surface area contributed by atoms with Crippen molar-refractivity contribution in [3.63, 3.8) is 0 Å². The topological polar surface area (TPSA) is 3.24 Å². The molecule has 0 bridgehead atoms. The van der Waals surface area contributed by atoms with Gasteiger partial charge in [0.25, 0.3) is 0 Å². The highest BCUT2D eigenvalue weighted by Gasteiger charge is 1.99. The van der Waals surface area contributed by atoms with E-state index in [1.165, 1.54) is 5.56 Å². The second-order valence-corrected chi connectivity index (χ2v) is 3.50. The summed E-state index contributed by atoms with van der Waals surface area (Å²) in [7, 11) is 0. The van der Waals surface area contributed by atoms with Crippen LogP contribution in [0, 0.1) is 0 Å². The van der Waals surface area contributed by atoms with Crippen LogP contribution in [0.25, 0.3) is 0 Å². The number of rotatable bonds is 3. The van der Waals surface area contributed by atoms with Gasteiger partial charge in [0.2, 0.25) is 0 Å². The highest BCUT2D eigenvalue weighted by molar-refractivity contribution is 14.0. The van der Waals surface area contributed by atoms with E-state index >= 15 is 0 Å². The van der Waals surface area contributed by atoms with E-state index in [9.17, 15) is 0 Å². The number of hydrogen-bond acceptors (Lipinski definition) is 1. The average molecular weight is 313 g/mol. The Morgan fingerprint density at radius 2 is 1.87 bits per heavy atom. The molecule has 1 aliphatic rings. The molecule has 0 unspecified atom stereocenters. The van der Waals surface area contributed by atoms with Crippen LogP contribution in [-0.4, -0.2) is 18.0 Å². The lowest BCUT2D eigenvalue weighted by Gasteiger charge is -2.20. The van der Waals surface area contributed by atoms with Crippen molar-refractivity contribution in [3.05, 3.63) is 60.3 Å². The van der Waals surface area contributed by atoms with E-state index in [-0.39, 0.29) is 24.0 Å². The summed E-state index contributed by atoms with van der Waals surface area (Å²) in [6.07, 6.45) is 9.65. The fourth-order valence-corrected chi connectivity index (χ4v) is 1.59. The molecule has 0 fully saturated rings. The molecule has 1 aliphatic heterocycles. The van der Waals surface area contributed by atoms with Crippen LogP contribution in [0.5, 0.6) is 0 Å². The van der Waals surface area contributed by atoms with Gasteiger partial charge >= 0.3 is 0 Å². The van der Waals surface area contributed by atoms with Crippen molar-refractivity contribution in [2.45, 2.75) is 6.42 Å². The zero-order chi connectivity index (χ0) is 9.64. The van der Waals surface area contributed by atoms with Crippen molar-refractivity contribution in [2.75, 3.05) is 13.1 Å². The van der Waals surface area contributed by atoms with E-state index in [1.807, 2.05) is 0 Å². The predicted molar refractivity (Wildman–Crippen MR) is 75.4 cm³/mol. The van der Waals surface area contributed by atoms with Gasteiger partial charge in [0.1, 0.15) is 0 Å². The maximum Gasteiger partial charge on any atom is 0.0357 e. The van der Waals surface area contributed by atoms with Gasteiger partial charge in [-0.1, -0.05) is 42.5 Å². The molecular weight excluding hydrogens is 297 g/mol. The second-order valence-electron chi connectivity index (χ2n) is 3.50. The minimum atomic E-state index is 0. The van der Waals surface area contributed by atoms with Crippen molar-refractivity contribution >= 4 is 24.0 Å². The fraction of sp³-hybridized carbons (Fsp3) is 0.231. The lowest BCUT2D eigenvalue weighted by Crippen LogP contribution is -2.21. The molecule has 1 aromatic carbocycles. The lowest BCUT2D eigenvalue weighted by atomic mass is 10.1. The largest absolute Gasteiger partial charge is 0.373 e. The molecule has 1 heterocycles. The molecule has 0 amide bonds. The molecule has 2 heteroatoms. The van der Waals surface area contributed by atoms with Gasteiger partial charge in [-0.2, -0.15) is 0 Å². The van der Waals surface area contributed by atoms with E-state index < -0.39 is 0 Å². The van der Waals surface area contributed by atoms with E-state index in [2.05, 4.69) is 59.7 Å². The summed E-state index contributed by atoms with van der Waals surface area (Å²) < 4.78 is 0. The summed E-state index contributed by atoms with van der Waals surface area (Å²) >= 11 is 0. The van der Waals surface area contributed by atoms with Crippen LogP contribution in [0.15, 0.2) is 54.8 Å². The van der Waals surface area contributed by atoms with Crippen molar-refractivity contribution in [1.29, 1.82) is 0 Å². The first-order valence-electron chi connectivity index (χ1n) is 5.06. The zero-order valence-corrected chi connectivity index (χ0v) is 11.0. The van der Waals surface area contributed by atoms with Crippen molar-refractivity contribution in [1.82, 2.24) is 4.90 Å². The molecule has 1 aromatic rings. The number of nitrogens with zero attached hydrogens (tertiary/aromatic N) is 1. The van der Waals surface area contributed by atoms with Gasteiger partial charge in [0.05, 0.1) is 0 Å². The Kier molecular flexibility index (Phi) is 5.47. The maximum absolute atomic E-state index is 2.33. The molecule has 0 saturated heterocycles. The van der Waals surface area contributed by atoms with E-state index in [4.69, 9.17) is 0 Å². The minimum absolute atomic E-state index is 0. The summed E-state index contributed by atoms with van der Waals surface area (Å²) in [6.45, 7) is 2.15. The van der Waals surface area contributed by atoms with Gasteiger partial charge < -0.3 is 4.90 Å². The molecule has 0 saturated carbocycles. The standard InChI is InChI=1S/C13H15N.HI/c1-3-7-13(8-4-1)9-12-14-10-5-2-6-11-14;/h1-8,10H,9,11-12H2;1H. The molecule has 2 rings (SSSR count). The normalized spacial score (nSPS) is 13.7. The summed E-state index contributed by atoms with van der Waals surface area (Å²) in [6, 6.07) is 10.6. The van der Waals surface area contributed by atoms with Crippen molar-refractivity contribution in [2.24, 2.45) is 0 Å². The third-order valence-electron chi connectivity index (χ3n) is 2.41. The molecular formula is C13H16IN. The maximum atomic E-state index is 2.33. The molecule has 80 valence electrons. The van der Waals surface area contributed by atoms with Crippen LogP contribution < -0.4 is 0 Å². The van der Waals surface area contributed by atoms with Crippen LogP contribution in [0.1, 0.15) is 5.56 Å². The summed E-state index contributed by atoms with van der Waals surface area (Å²) in [5, 5.41) is 0. The lowest BCUT2D eigenvalue weighted by molar-refractivity contribution is 0.416. The van der Waals surface area contributed by atoms with Crippen molar-refractivity contribution < 1.29 is 0 Å². The number of hydrogen-bond donors (Lipinski definition) is 0. The molecule has 1 nitrogen and oxygen atoms in total. The highest BCUT2D eigenvalue weighted by atomic mass is 127. The first kappa shape index (κ1) is 12.3. The van der Waals surface area contributed by atoms with E-state index in [1.54, 1.807) is 0 Å². The monoisotopic (exact) mass is 313 g/mol. The summed E-state index contributed by atoms with van der Waals surface area (Å²) in [5.74, 6) is 0. The second kappa shape index (κ2) is 6.67. The molecule has 0 aliphatic carbocycles. The van der Waals surface area contributed by atoms with Crippen molar-refractivity contribution in [3.8, 4) is 0 Å². The van der Waals surface area contributed by atoms with Gasteiger partial charge in [-0.05, 0) is 24.3 Å². The number of allylic oxidation sites excluding steroid dienone is 2. The van der Waals surface area contributed by atoms with Crippen LogP contribution >= 0.6 is 24.0 Å². The van der Waals surface area contributed by atoms with Gasteiger partial charge in [-0.15, -0.1) is 24.0 Å². The van der Waals surface area contributed by atoms with Gasteiger partial charge in [0.15, 0.2) is 0 Å². The minimum Gasteiger partial charge on any atom is -0.373 e. The Hall–Kier alpha value is -0.770. The van der Waals surface area contributed by atoms with Gasteiger partial charge in [0, 0.05) is 13.1 Å². The average Bonchev–Trinajstić information content (AvgIpc) is 2.29. The first-order chi connectivity index (χ1) is 6.95. The van der Waals surface area contributed by atoms with Crippen LogP contribution in [0.3, 0.4) is 0 Å².